The van der Waals surface area contributed by atoms with E-state index < -0.39 is 11.5 Å². The fourth-order valence-electron chi connectivity index (χ4n) is 2.00. The van der Waals surface area contributed by atoms with Crippen LogP contribution in [-0.4, -0.2) is 35.4 Å². The number of carbonyl (C=O) groups is 1. The molecule has 1 aliphatic rings. The van der Waals surface area contributed by atoms with Gasteiger partial charge in [0.25, 0.3) is 0 Å². The standard InChI is InChI=1S/C13H17NO3/c15-8-11(9-16)14-12(17)13(6-7-13)10-4-2-1-3-5-10/h1-5,11,15-16H,6-9H2,(H,14,17). The summed E-state index contributed by atoms with van der Waals surface area (Å²) in [4.78, 5) is 12.1. The molecule has 4 nitrogen and oxygen atoms in total. The van der Waals surface area contributed by atoms with E-state index in [1.165, 1.54) is 0 Å². The van der Waals surface area contributed by atoms with Crippen molar-refractivity contribution in [2.24, 2.45) is 0 Å². The SMILES string of the molecule is O=C(NC(CO)CO)C1(c2ccccc2)CC1. The van der Waals surface area contributed by atoms with E-state index in [1.54, 1.807) is 0 Å². The van der Waals surface area contributed by atoms with E-state index in [-0.39, 0.29) is 19.1 Å². The number of aliphatic hydroxyl groups excluding tert-OH is 2. The van der Waals surface area contributed by atoms with Gasteiger partial charge in [-0.05, 0) is 18.4 Å². The van der Waals surface area contributed by atoms with Crippen LogP contribution in [0.1, 0.15) is 18.4 Å². The summed E-state index contributed by atoms with van der Waals surface area (Å²) in [6.45, 7) is -0.486. The molecule has 0 radical (unpaired) electrons. The number of hydrogen-bond acceptors (Lipinski definition) is 3. The third-order valence-corrected chi connectivity index (χ3v) is 3.29. The monoisotopic (exact) mass is 235 g/mol. The minimum Gasteiger partial charge on any atom is -0.394 e. The zero-order chi connectivity index (χ0) is 12.3. The van der Waals surface area contributed by atoms with Crippen molar-refractivity contribution < 1.29 is 15.0 Å². The van der Waals surface area contributed by atoms with Gasteiger partial charge in [0.1, 0.15) is 0 Å². The van der Waals surface area contributed by atoms with Crippen molar-refractivity contribution in [2.75, 3.05) is 13.2 Å². The third kappa shape index (κ3) is 2.33. The second kappa shape index (κ2) is 4.85. The fourth-order valence-corrected chi connectivity index (χ4v) is 2.00. The number of aliphatic hydroxyl groups is 2. The molecule has 1 fully saturated rings. The maximum absolute atomic E-state index is 12.1. The number of rotatable bonds is 5. The normalized spacial score (nSPS) is 16.9. The molecule has 0 heterocycles. The van der Waals surface area contributed by atoms with Gasteiger partial charge in [-0.2, -0.15) is 0 Å². The van der Waals surface area contributed by atoms with Crippen LogP contribution in [0.15, 0.2) is 30.3 Å². The highest BCUT2D eigenvalue weighted by Gasteiger charge is 2.51. The zero-order valence-corrected chi connectivity index (χ0v) is 9.60. The second-order valence-electron chi connectivity index (χ2n) is 4.48. The van der Waals surface area contributed by atoms with E-state index in [9.17, 15) is 4.79 Å². The average Bonchev–Trinajstić information content (AvgIpc) is 3.18. The first kappa shape index (κ1) is 12.1. The van der Waals surface area contributed by atoms with Gasteiger partial charge in [-0.15, -0.1) is 0 Å². The van der Waals surface area contributed by atoms with Crippen molar-refractivity contribution in [2.45, 2.75) is 24.3 Å². The fraction of sp³-hybridized carbons (Fsp3) is 0.462. The highest BCUT2D eigenvalue weighted by atomic mass is 16.3. The Balaban J connectivity index is 2.09. The van der Waals surface area contributed by atoms with Crippen molar-refractivity contribution in [1.29, 1.82) is 0 Å². The first-order valence-electron chi connectivity index (χ1n) is 5.81. The van der Waals surface area contributed by atoms with Crippen molar-refractivity contribution in [3.63, 3.8) is 0 Å². The summed E-state index contributed by atoms with van der Waals surface area (Å²) in [6, 6.07) is 9.07. The summed E-state index contributed by atoms with van der Waals surface area (Å²) >= 11 is 0. The summed E-state index contributed by atoms with van der Waals surface area (Å²) in [6.07, 6.45) is 1.65. The topological polar surface area (TPSA) is 69.6 Å². The van der Waals surface area contributed by atoms with Gasteiger partial charge >= 0.3 is 0 Å². The third-order valence-electron chi connectivity index (χ3n) is 3.29. The lowest BCUT2D eigenvalue weighted by Crippen LogP contribution is -2.45. The Kier molecular flexibility index (Phi) is 3.45. The van der Waals surface area contributed by atoms with E-state index in [2.05, 4.69) is 5.32 Å². The molecule has 92 valence electrons. The number of benzene rings is 1. The summed E-state index contributed by atoms with van der Waals surface area (Å²) in [5, 5.41) is 20.6. The lowest BCUT2D eigenvalue weighted by molar-refractivity contribution is -0.125. The largest absolute Gasteiger partial charge is 0.394 e. The molecule has 1 aromatic carbocycles. The van der Waals surface area contributed by atoms with Crippen molar-refractivity contribution >= 4 is 5.91 Å². The van der Waals surface area contributed by atoms with Crippen LogP contribution in [0.5, 0.6) is 0 Å². The predicted molar refractivity (Wildman–Crippen MR) is 63.5 cm³/mol. The molecule has 0 saturated heterocycles. The van der Waals surface area contributed by atoms with E-state index in [0.29, 0.717) is 0 Å². The number of carbonyl (C=O) groups excluding carboxylic acids is 1. The van der Waals surface area contributed by atoms with Crippen LogP contribution < -0.4 is 5.32 Å². The van der Waals surface area contributed by atoms with Crippen LogP contribution >= 0.6 is 0 Å². The van der Waals surface area contributed by atoms with Crippen LogP contribution in [0, 0.1) is 0 Å². The van der Waals surface area contributed by atoms with Gasteiger partial charge < -0.3 is 15.5 Å². The van der Waals surface area contributed by atoms with Crippen molar-refractivity contribution in [3.8, 4) is 0 Å². The van der Waals surface area contributed by atoms with Crippen LogP contribution in [-0.2, 0) is 10.2 Å². The number of amides is 1. The predicted octanol–water partition coefficient (Wildman–Crippen LogP) is 0.188. The highest BCUT2D eigenvalue weighted by Crippen LogP contribution is 2.48. The molecule has 3 N–H and O–H groups in total. The minimum atomic E-state index is -0.566. The summed E-state index contributed by atoms with van der Waals surface area (Å²) < 4.78 is 0. The lowest BCUT2D eigenvalue weighted by Gasteiger charge is -2.19. The van der Waals surface area contributed by atoms with Gasteiger partial charge in [0.05, 0.1) is 24.7 Å². The molecule has 0 atom stereocenters. The molecule has 1 saturated carbocycles. The van der Waals surface area contributed by atoms with Crippen LogP contribution in [0.25, 0.3) is 0 Å². The van der Waals surface area contributed by atoms with E-state index in [0.717, 1.165) is 18.4 Å². The summed E-state index contributed by atoms with van der Waals surface area (Å²) in [5.41, 5.74) is 0.566. The second-order valence-corrected chi connectivity index (χ2v) is 4.48. The number of hydrogen-bond donors (Lipinski definition) is 3. The van der Waals surface area contributed by atoms with E-state index >= 15 is 0 Å². The Bertz CT molecular complexity index is 383. The Hall–Kier alpha value is -1.39. The van der Waals surface area contributed by atoms with Crippen LogP contribution in [0.2, 0.25) is 0 Å². The van der Waals surface area contributed by atoms with Crippen molar-refractivity contribution in [1.82, 2.24) is 5.32 Å². The quantitative estimate of drug-likeness (QED) is 0.682. The molecule has 1 amide bonds. The Labute approximate surface area is 100 Å². The molecule has 1 aliphatic carbocycles. The summed E-state index contributed by atoms with van der Waals surface area (Å²) in [7, 11) is 0. The Morgan fingerprint density at radius 2 is 1.82 bits per heavy atom. The lowest BCUT2D eigenvalue weighted by atomic mass is 9.95. The maximum Gasteiger partial charge on any atom is 0.231 e. The highest BCUT2D eigenvalue weighted by molar-refractivity contribution is 5.91. The van der Waals surface area contributed by atoms with E-state index in [1.807, 2.05) is 30.3 Å². The zero-order valence-electron chi connectivity index (χ0n) is 9.60. The maximum atomic E-state index is 12.1. The minimum absolute atomic E-state index is 0.100. The Morgan fingerprint density at radius 1 is 1.24 bits per heavy atom. The molecule has 17 heavy (non-hydrogen) atoms. The van der Waals surface area contributed by atoms with E-state index in [4.69, 9.17) is 10.2 Å². The van der Waals surface area contributed by atoms with Gasteiger partial charge in [-0.3, -0.25) is 4.79 Å². The van der Waals surface area contributed by atoms with Gasteiger partial charge in [0.15, 0.2) is 0 Å². The Morgan fingerprint density at radius 3 is 2.29 bits per heavy atom. The average molecular weight is 235 g/mol. The molecule has 2 rings (SSSR count). The molecule has 0 unspecified atom stereocenters. The molecular weight excluding hydrogens is 218 g/mol. The van der Waals surface area contributed by atoms with Gasteiger partial charge in [0.2, 0.25) is 5.91 Å². The molecule has 1 aromatic rings. The first-order chi connectivity index (χ1) is 8.23. The molecule has 0 aromatic heterocycles. The molecule has 0 bridgehead atoms. The smallest absolute Gasteiger partial charge is 0.231 e. The van der Waals surface area contributed by atoms with Crippen LogP contribution in [0.4, 0.5) is 0 Å². The van der Waals surface area contributed by atoms with Gasteiger partial charge in [-0.25, -0.2) is 0 Å². The summed E-state index contributed by atoms with van der Waals surface area (Å²) in [5.74, 6) is -0.100. The van der Waals surface area contributed by atoms with Gasteiger partial charge in [0, 0.05) is 0 Å². The van der Waals surface area contributed by atoms with Gasteiger partial charge in [-0.1, -0.05) is 30.3 Å². The molecular formula is C13H17NO3. The van der Waals surface area contributed by atoms with Crippen LogP contribution in [0.3, 0.4) is 0 Å². The number of nitrogens with one attached hydrogen (secondary N) is 1. The molecule has 0 spiro atoms. The van der Waals surface area contributed by atoms with Crippen molar-refractivity contribution in [3.05, 3.63) is 35.9 Å². The molecule has 4 heteroatoms. The molecule has 0 aliphatic heterocycles. The first-order valence-corrected chi connectivity index (χ1v) is 5.81.